The fraction of sp³-hybridized carbons (Fsp3) is 0.267. The third-order valence-corrected chi connectivity index (χ3v) is 6.06. The molecule has 0 saturated carbocycles. The highest BCUT2D eigenvalue weighted by Crippen LogP contribution is 2.28. The lowest BCUT2D eigenvalue weighted by Gasteiger charge is -2.14. The number of rotatable bonds is 7. The van der Waals surface area contributed by atoms with Crippen LogP contribution in [-0.4, -0.2) is 33.8 Å². The lowest BCUT2D eigenvalue weighted by molar-refractivity contribution is 0.0957. The summed E-state index contributed by atoms with van der Waals surface area (Å²) in [4.78, 5) is 28.8. The molecule has 3 N–H and O–H groups in total. The van der Waals surface area contributed by atoms with E-state index in [9.17, 15) is 9.59 Å². The Morgan fingerprint density at radius 3 is 2.21 bits per heavy atom. The van der Waals surface area contributed by atoms with Gasteiger partial charge in [-0.25, -0.2) is 9.48 Å². The van der Waals surface area contributed by atoms with E-state index < -0.39 is 6.03 Å². The number of aromatic nitrogens is 3. The summed E-state index contributed by atoms with van der Waals surface area (Å²) in [5.41, 5.74) is 3.61. The number of anilines is 2. The smallest absolute Gasteiger partial charge is 0.324 e. The molecule has 2 aromatic heterocycles. The van der Waals surface area contributed by atoms with Crippen molar-refractivity contribution < 1.29 is 14.3 Å². The van der Waals surface area contributed by atoms with E-state index in [1.165, 1.54) is 11.8 Å². The first-order chi connectivity index (χ1) is 18.5. The molecule has 0 saturated heterocycles. The SMILES string of the molecule is CNC(=O)c1cc(Oc2ccc(NC(=O)Nc3cc(C(C)(C)C)nn3-c3ccc(C(C)C)cc3)cc2)ccn1. The molecule has 4 aromatic rings. The predicted octanol–water partition coefficient (Wildman–Crippen LogP) is 6.48. The number of pyridine rings is 1. The van der Waals surface area contributed by atoms with Gasteiger partial charge in [-0.05, 0) is 53.9 Å². The molecule has 0 unspecified atom stereocenters. The van der Waals surface area contributed by atoms with Crippen LogP contribution in [0.1, 0.15) is 62.3 Å². The van der Waals surface area contributed by atoms with Gasteiger partial charge in [-0.2, -0.15) is 5.10 Å². The first-order valence-corrected chi connectivity index (χ1v) is 12.8. The summed E-state index contributed by atoms with van der Waals surface area (Å²) < 4.78 is 7.58. The van der Waals surface area contributed by atoms with Crippen molar-refractivity contribution in [1.82, 2.24) is 20.1 Å². The Labute approximate surface area is 228 Å². The van der Waals surface area contributed by atoms with Crippen LogP contribution in [0.15, 0.2) is 72.9 Å². The minimum atomic E-state index is -0.395. The molecule has 0 radical (unpaired) electrons. The number of hydrogen-bond donors (Lipinski definition) is 3. The van der Waals surface area contributed by atoms with Crippen LogP contribution in [-0.2, 0) is 5.41 Å². The molecular formula is C30H34N6O3. The molecule has 2 aromatic carbocycles. The van der Waals surface area contributed by atoms with E-state index in [2.05, 4.69) is 67.7 Å². The summed E-state index contributed by atoms with van der Waals surface area (Å²) in [6.45, 7) is 10.6. The molecular weight excluding hydrogens is 492 g/mol. The number of carbonyl (C=O) groups excluding carboxylic acids is 2. The van der Waals surface area contributed by atoms with Crippen molar-refractivity contribution in [3.05, 3.63) is 89.9 Å². The summed E-state index contributed by atoms with van der Waals surface area (Å²) in [5.74, 6) is 1.72. The second kappa shape index (κ2) is 11.4. The number of ether oxygens (including phenoxy) is 1. The normalized spacial score (nSPS) is 11.3. The van der Waals surface area contributed by atoms with Gasteiger partial charge in [0.1, 0.15) is 23.0 Å². The maximum atomic E-state index is 12.9. The minimum Gasteiger partial charge on any atom is -0.457 e. The van der Waals surface area contributed by atoms with Crippen LogP contribution in [0.5, 0.6) is 11.5 Å². The Bertz CT molecular complexity index is 1450. The van der Waals surface area contributed by atoms with E-state index in [0.29, 0.717) is 28.9 Å². The van der Waals surface area contributed by atoms with Crippen LogP contribution in [0, 0.1) is 0 Å². The average Bonchev–Trinajstić information content (AvgIpc) is 3.34. The monoisotopic (exact) mass is 526 g/mol. The van der Waals surface area contributed by atoms with E-state index in [1.807, 2.05) is 18.2 Å². The molecule has 202 valence electrons. The fourth-order valence-corrected chi connectivity index (χ4v) is 3.78. The van der Waals surface area contributed by atoms with Crippen LogP contribution in [0.3, 0.4) is 0 Å². The third-order valence-electron chi connectivity index (χ3n) is 6.06. The first kappa shape index (κ1) is 27.4. The summed E-state index contributed by atoms with van der Waals surface area (Å²) in [6.07, 6.45) is 1.51. The van der Waals surface area contributed by atoms with Gasteiger partial charge in [0.15, 0.2) is 0 Å². The lowest BCUT2D eigenvalue weighted by atomic mass is 9.92. The third kappa shape index (κ3) is 6.81. The lowest BCUT2D eigenvalue weighted by Crippen LogP contribution is -2.21. The molecule has 3 amide bonds. The summed E-state index contributed by atoms with van der Waals surface area (Å²) in [6, 6.07) is 19.8. The van der Waals surface area contributed by atoms with E-state index in [4.69, 9.17) is 9.84 Å². The van der Waals surface area contributed by atoms with E-state index in [-0.39, 0.29) is 17.0 Å². The number of urea groups is 1. The highest BCUT2D eigenvalue weighted by atomic mass is 16.5. The maximum Gasteiger partial charge on any atom is 0.324 e. The van der Waals surface area contributed by atoms with Crippen LogP contribution < -0.4 is 20.7 Å². The highest BCUT2D eigenvalue weighted by molar-refractivity contribution is 5.99. The molecule has 9 nitrogen and oxygen atoms in total. The molecule has 2 heterocycles. The average molecular weight is 527 g/mol. The summed E-state index contributed by atoms with van der Waals surface area (Å²) in [7, 11) is 1.54. The number of hydrogen-bond acceptors (Lipinski definition) is 5. The van der Waals surface area contributed by atoms with E-state index >= 15 is 0 Å². The van der Waals surface area contributed by atoms with Gasteiger partial charge in [0.05, 0.1) is 11.4 Å². The van der Waals surface area contributed by atoms with E-state index in [0.717, 1.165) is 11.4 Å². The van der Waals surface area contributed by atoms with Gasteiger partial charge >= 0.3 is 6.03 Å². The van der Waals surface area contributed by atoms with Gasteiger partial charge in [-0.15, -0.1) is 0 Å². The van der Waals surface area contributed by atoms with Crippen molar-refractivity contribution in [1.29, 1.82) is 0 Å². The molecule has 0 bridgehead atoms. The molecule has 0 aliphatic rings. The second-order valence-electron chi connectivity index (χ2n) is 10.5. The quantitative estimate of drug-likeness (QED) is 0.255. The van der Waals surface area contributed by atoms with Gasteiger partial charge in [-0.1, -0.05) is 46.8 Å². The number of nitrogens with one attached hydrogen (secondary N) is 3. The Kier molecular flexibility index (Phi) is 7.99. The standard InChI is InChI=1S/C30H34N6O3/c1-19(2)20-7-11-22(12-8-20)36-27(18-26(35-36)30(3,4)5)34-29(38)33-21-9-13-23(14-10-21)39-24-15-16-32-25(17-24)28(37)31-6/h7-19H,1-6H3,(H,31,37)(H2,33,34,38). The van der Waals surface area contributed by atoms with Crippen molar-refractivity contribution >= 4 is 23.4 Å². The molecule has 0 fully saturated rings. The highest BCUT2D eigenvalue weighted by Gasteiger charge is 2.21. The number of carbonyl (C=O) groups is 2. The topological polar surface area (TPSA) is 110 Å². The second-order valence-corrected chi connectivity index (χ2v) is 10.5. The number of nitrogens with zero attached hydrogens (tertiary/aromatic N) is 3. The zero-order valence-corrected chi connectivity index (χ0v) is 23.1. The van der Waals surface area contributed by atoms with Crippen molar-refractivity contribution in [2.45, 2.75) is 46.0 Å². The zero-order chi connectivity index (χ0) is 28.2. The Balaban J connectivity index is 1.47. The van der Waals surface area contributed by atoms with Crippen LogP contribution in [0.4, 0.5) is 16.3 Å². The summed E-state index contributed by atoms with van der Waals surface area (Å²) in [5, 5.41) is 13.1. The molecule has 0 aliphatic heterocycles. The van der Waals surface area contributed by atoms with Crippen LogP contribution >= 0.6 is 0 Å². The van der Waals surface area contributed by atoms with E-state index in [1.54, 1.807) is 48.1 Å². The Morgan fingerprint density at radius 1 is 0.897 bits per heavy atom. The van der Waals surface area contributed by atoms with Crippen LogP contribution in [0.2, 0.25) is 0 Å². The number of amides is 3. The van der Waals surface area contributed by atoms with Crippen molar-refractivity contribution in [2.24, 2.45) is 0 Å². The zero-order valence-electron chi connectivity index (χ0n) is 23.1. The molecule has 9 heteroatoms. The summed E-state index contributed by atoms with van der Waals surface area (Å²) >= 11 is 0. The predicted molar refractivity (Wildman–Crippen MR) is 153 cm³/mol. The Hall–Kier alpha value is -4.66. The maximum absolute atomic E-state index is 12.9. The molecule has 4 rings (SSSR count). The number of benzene rings is 2. The minimum absolute atomic E-state index is 0.193. The molecule has 39 heavy (non-hydrogen) atoms. The first-order valence-electron chi connectivity index (χ1n) is 12.8. The van der Waals surface area contributed by atoms with Crippen molar-refractivity contribution in [3.63, 3.8) is 0 Å². The van der Waals surface area contributed by atoms with Gasteiger partial charge in [-0.3, -0.25) is 15.1 Å². The molecule has 0 aliphatic carbocycles. The van der Waals surface area contributed by atoms with Gasteiger partial charge in [0.2, 0.25) is 0 Å². The molecule has 0 atom stereocenters. The van der Waals surface area contributed by atoms with Gasteiger partial charge in [0, 0.05) is 36.5 Å². The molecule has 0 spiro atoms. The van der Waals surface area contributed by atoms with Crippen molar-refractivity contribution in [3.8, 4) is 17.2 Å². The van der Waals surface area contributed by atoms with Crippen LogP contribution in [0.25, 0.3) is 5.69 Å². The fourth-order valence-electron chi connectivity index (χ4n) is 3.78. The largest absolute Gasteiger partial charge is 0.457 e. The Morgan fingerprint density at radius 2 is 1.59 bits per heavy atom. The van der Waals surface area contributed by atoms with Crippen molar-refractivity contribution in [2.75, 3.05) is 17.7 Å². The van der Waals surface area contributed by atoms with Gasteiger partial charge < -0.3 is 15.4 Å². The van der Waals surface area contributed by atoms with Gasteiger partial charge in [0.25, 0.3) is 5.91 Å².